The molecular formula is C6HN5. The van der Waals surface area contributed by atoms with Gasteiger partial charge in [-0.2, -0.15) is 15.8 Å². The molecule has 1 heterocycles. The van der Waals surface area contributed by atoms with Gasteiger partial charge in [-0.25, -0.2) is 4.98 Å². The average Bonchev–Trinajstić information content (AvgIpc) is 2.46. The van der Waals surface area contributed by atoms with E-state index in [2.05, 4.69) is 9.97 Å². The van der Waals surface area contributed by atoms with E-state index in [1.54, 1.807) is 18.2 Å². The van der Waals surface area contributed by atoms with Crippen molar-refractivity contribution in [3.8, 4) is 18.2 Å². The maximum Gasteiger partial charge on any atom is 0.212 e. The lowest BCUT2D eigenvalue weighted by atomic mass is 10.4. The fraction of sp³-hybridized carbons (Fsp3) is 0. The Kier molecular flexibility index (Phi) is 1.55. The Morgan fingerprint density at radius 3 is 2.18 bits per heavy atom. The summed E-state index contributed by atoms with van der Waals surface area (Å²) < 4.78 is 0. The topological polar surface area (TPSA) is 100 Å². The third-order valence-corrected chi connectivity index (χ3v) is 1.03. The molecule has 0 aliphatic carbocycles. The molecule has 0 saturated carbocycles. The summed E-state index contributed by atoms with van der Waals surface area (Å²) in [6.45, 7) is 0. The van der Waals surface area contributed by atoms with Crippen LogP contribution in [0.3, 0.4) is 0 Å². The zero-order chi connectivity index (χ0) is 8.27. The first-order valence-electron chi connectivity index (χ1n) is 2.62. The van der Waals surface area contributed by atoms with Crippen LogP contribution in [0.2, 0.25) is 0 Å². The smallest absolute Gasteiger partial charge is 0.212 e. The van der Waals surface area contributed by atoms with Gasteiger partial charge >= 0.3 is 0 Å². The highest BCUT2D eigenvalue weighted by Crippen LogP contribution is 2.01. The minimum atomic E-state index is -0.0379. The van der Waals surface area contributed by atoms with Crippen LogP contribution < -0.4 is 0 Å². The standard InChI is InChI=1S/C6HN5/c7-1-4-5(2-8)11-6(3-9)10-4/h(H,10,11). The Bertz CT molecular complexity index is 363. The summed E-state index contributed by atoms with van der Waals surface area (Å²) in [4.78, 5) is 5.89. The molecule has 50 valence electrons. The number of nitrogens with one attached hydrogen (secondary N) is 1. The molecule has 11 heavy (non-hydrogen) atoms. The summed E-state index contributed by atoms with van der Waals surface area (Å²) in [6, 6.07) is 5.08. The van der Waals surface area contributed by atoms with Crippen molar-refractivity contribution in [1.29, 1.82) is 15.8 Å². The number of aromatic nitrogens is 2. The van der Waals surface area contributed by atoms with E-state index in [-0.39, 0.29) is 17.2 Å². The van der Waals surface area contributed by atoms with Crippen LogP contribution in [0.1, 0.15) is 17.2 Å². The van der Waals surface area contributed by atoms with E-state index in [0.29, 0.717) is 0 Å². The second-order valence-electron chi connectivity index (χ2n) is 1.64. The molecule has 0 unspecified atom stereocenters. The van der Waals surface area contributed by atoms with E-state index in [9.17, 15) is 0 Å². The lowest BCUT2D eigenvalue weighted by Crippen LogP contribution is -1.77. The van der Waals surface area contributed by atoms with Crippen LogP contribution in [-0.2, 0) is 0 Å². The maximum absolute atomic E-state index is 8.38. The highest BCUT2D eigenvalue weighted by atomic mass is 14.9. The van der Waals surface area contributed by atoms with Crippen molar-refractivity contribution in [2.75, 3.05) is 0 Å². The first kappa shape index (κ1) is 6.80. The molecule has 0 aliphatic rings. The first-order valence-corrected chi connectivity index (χ1v) is 2.62. The second kappa shape index (κ2) is 2.51. The largest absolute Gasteiger partial charge is 0.320 e. The van der Waals surface area contributed by atoms with Crippen LogP contribution in [0.4, 0.5) is 0 Å². The summed E-state index contributed by atoms with van der Waals surface area (Å²) >= 11 is 0. The van der Waals surface area contributed by atoms with Crippen molar-refractivity contribution >= 4 is 0 Å². The van der Waals surface area contributed by atoms with Gasteiger partial charge in [-0.3, -0.25) is 0 Å². The van der Waals surface area contributed by atoms with Gasteiger partial charge in [-0.1, -0.05) is 0 Å². The number of hydrogen-bond donors (Lipinski definition) is 1. The molecule has 1 N–H and O–H groups in total. The summed E-state index contributed by atoms with van der Waals surface area (Å²) in [5.74, 6) is -0.0156. The SMILES string of the molecule is N#Cc1nc(C#N)c(C#N)[nH]1. The van der Waals surface area contributed by atoms with Crippen molar-refractivity contribution in [3.63, 3.8) is 0 Å². The van der Waals surface area contributed by atoms with Gasteiger partial charge in [0, 0.05) is 0 Å². The van der Waals surface area contributed by atoms with Crippen LogP contribution in [0, 0.1) is 34.0 Å². The Morgan fingerprint density at radius 2 is 1.82 bits per heavy atom. The second-order valence-corrected chi connectivity index (χ2v) is 1.64. The van der Waals surface area contributed by atoms with Crippen molar-refractivity contribution in [1.82, 2.24) is 9.97 Å². The Hall–Kier alpha value is -2.32. The van der Waals surface area contributed by atoms with Crippen LogP contribution in [0.25, 0.3) is 0 Å². The zero-order valence-electron chi connectivity index (χ0n) is 5.29. The van der Waals surface area contributed by atoms with E-state index in [1.807, 2.05) is 0 Å². The molecule has 5 nitrogen and oxygen atoms in total. The van der Waals surface area contributed by atoms with E-state index in [1.165, 1.54) is 0 Å². The molecule has 0 radical (unpaired) electrons. The van der Waals surface area contributed by atoms with Gasteiger partial charge in [-0.15, -0.1) is 0 Å². The Labute approximate surface area is 62.1 Å². The van der Waals surface area contributed by atoms with Gasteiger partial charge in [0.2, 0.25) is 5.82 Å². The minimum Gasteiger partial charge on any atom is -0.320 e. The summed E-state index contributed by atoms with van der Waals surface area (Å²) in [6.07, 6.45) is 0. The monoisotopic (exact) mass is 143 g/mol. The average molecular weight is 143 g/mol. The quantitative estimate of drug-likeness (QED) is 0.553. The summed E-state index contributed by atoms with van der Waals surface area (Å²) in [5, 5.41) is 25.0. The lowest BCUT2D eigenvalue weighted by molar-refractivity contribution is 1.21. The summed E-state index contributed by atoms with van der Waals surface area (Å²) in [7, 11) is 0. The molecule has 0 spiro atoms. The fourth-order valence-corrected chi connectivity index (χ4v) is 0.588. The fourth-order valence-electron chi connectivity index (χ4n) is 0.588. The number of hydrogen-bond acceptors (Lipinski definition) is 4. The molecule has 1 aromatic rings. The van der Waals surface area contributed by atoms with Crippen LogP contribution in [0.5, 0.6) is 0 Å². The highest BCUT2D eigenvalue weighted by molar-refractivity contribution is 5.38. The number of nitriles is 3. The van der Waals surface area contributed by atoms with Gasteiger partial charge in [0.15, 0.2) is 11.4 Å². The highest BCUT2D eigenvalue weighted by Gasteiger charge is 2.07. The number of aromatic amines is 1. The van der Waals surface area contributed by atoms with E-state index in [4.69, 9.17) is 15.8 Å². The molecule has 0 saturated heterocycles. The number of nitrogens with zero attached hydrogens (tertiary/aromatic N) is 4. The van der Waals surface area contributed by atoms with Crippen molar-refractivity contribution in [2.45, 2.75) is 0 Å². The molecule has 1 rings (SSSR count). The van der Waals surface area contributed by atoms with Gasteiger partial charge in [0.25, 0.3) is 0 Å². The molecule has 1 aromatic heterocycles. The van der Waals surface area contributed by atoms with Crippen LogP contribution in [-0.4, -0.2) is 9.97 Å². The first-order chi connectivity index (χ1) is 5.31. The van der Waals surface area contributed by atoms with Crippen LogP contribution in [0.15, 0.2) is 0 Å². The molecule has 0 aliphatic heterocycles. The van der Waals surface area contributed by atoms with Crippen LogP contribution >= 0.6 is 0 Å². The van der Waals surface area contributed by atoms with Crippen molar-refractivity contribution in [2.24, 2.45) is 0 Å². The van der Waals surface area contributed by atoms with Crippen molar-refractivity contribution in [3.05, 3.63) is 17.2 Å². The molecular weight excluding hydrogens is 142 g/mol. The zero-order valence-corrected chi connectivity index (χ0v) is 5.29. The lowest BCUT2D eigenvalue weighted by Gasteiger charge is -1.73. The molecule has 0 atom stereocenters. The Morgan fingerprint density at radius 1 is 1.09 bits per heavy atom. The van der Waals surface area contributed by atoms with Gasteiger partial charge in [0.1, 0.15) is 18.2 Å². The Balaban J connectivity index is 3.32. The normalized spacial score (nSPS) is 7.73. The molecule has 0 fully saturated rings. The maximum atomic E-state index is 8.38. The molecule has 0 amide bonds. The molecule has 0 aromatic carbocycles. The predicted molar refractivity (Wildman–Crippen MR) is 32.7 cm³/mol. The molecule has 0 bridgehead atoms. The van der Waals surface area contributed by atoms with E-state index >= 15 is 0 Å². The number of H-pyrrole nitrogens is 1. The minimum absolute atomic E-state index is 0.0156. The van der Waals surface area contributed by atoms with Gasteiger partial charge < -0.3 is 4.98 Å². The van der Waals surface area contributed by atoms with Crippen molar-refractivity contribution < 1.29 is 0 Å². The third kappa shape index (κ3) is 1.01. The van der Waals surface area contributed by atoms with Gasteiger partial charge in [-0.05, 0) is 0 Å². The summed E-state index contributed by atoms with van der Waals surface area (Å²) in [5.41, 5.74) is -0.00639. The number of rotatable bonds is 0. The van der Waals surface area contributed by atoms with Gasteiger partial charge in [0.05, 0.1) is 0 Å². The molecule has 5 heteroatoms. The number of imidazole rings is 1. The van der Waals surface area contributed by atoms with E-state index < -0.39 is 0 Å². The predicted octanol–water partition coefficient (Wildman–Crippen LogP) is 0.0247. The third-order valence-electron chi connectivity index (χ3n) is 1.03. The van der Waals surface area contributed by atoms with E-state index in [0.717, 1.165) is 0 Å².